The van der Waals surface area contributed by atoms with E-state index in [4.69, 9.17) is 4.74 Å². The molecule has 1 amide bonds. The maximum absolute atomic E-state index is 12.6. The van der Waals surface area contributed by atoms with Crippen LogP contribution in [-0.2, 0) is 6.42 Å². The van der Waals surface area contributed by atoms with Crippen LogP contribution >= 0.6 is 0 Å². The fraction of sp³-hybridized carbons (Fsp3) is 0.130. The molecule has 5 rings (SSSR count). The van der Waals surface area contributed by atoms with Crippen molar-refractivity contribution in [1.29, 1.82) is 0 Å². The van der Waals surface area contributed by atoms with Gasteiger partial charge in [-0.25, -0.2) is 14.8 Å². The number of amides is 1. The summed E-state index contributed by atoms with van der Waals surface area (Å²) in [4.78, 5) is 35.1. The van der Waals surface area contributed by atoms with Crippen LogP contribution in [0.1, 0.15) is 44.3 Å². The minimum atomic E-state index is -1.09. The molecule has 0 saturated carbocycles. The number of aryl methyl sites for hydroxylation is 1. The lowest BCUT2D eigenvalue weighted by Gasteiger charge is -2.15. The summed E-state index contributed by atoms with van der Waals surface area (Å²) in [5.41, 5.74) is 3.43. The number of carboxylic acid groups (broad SMARTS) is 1. The SMILES string of the molecule is O=C(N[C@@H]1CCc2ccc(Oc3cnc4[nH]cc(C(=O)O)c4n3)cc21)c1ccccc1. The number of fused-ring (bicyclic) bond motifs is 2. The van der Waals surface area contributed by atoms with Crippen LogP contribution in [0, 0.1) is 0 Å². The van der Waals surface area contributed by atoms with Crippen LogP contribution < -0.4 is 10.1 Å². The maximum atomic E-state index is 12.6. The quantitative estimate of drug-likeness (QED) is 0.456. The number of ether oxygens (including phenoxy) is 1. The summed E-state index contributed by atoms with van der Waals surface area (Å²) in [6.45, 7) is 0. The molecule has 0 saturated heterocycles. The molecule has 2 heterocycles. The largest absolute Gasteiger partial charge is 0.478 e. The molecule has 0 bridgehead atoms. The van der Waals surface area contributed by atoms with Crippen LogP contribution in [0.5, 0.6) is 11.6 Å². The number of rotatable bonds is 5. The number of aromatic nitrogens is 3. The first-order valence-electron chi connectivity index (χ1n) is 9.82. The van der Waals surface area contributed by atoms with E-state index in [1.807, 2.05) is 36.4 Å². The number of H-pyrrole nitrogens is 1. The minimum Gasteiger partial charge on any atom is -0.478 e. The second-order valence-corrected chi connectivity index (χ2v) is 7.31. The van der Waals surface area contributed by atoms with Crippen molar-refractivity contribution >= 4 is 23.0 Å². The number of nitrogens with one attached hydrogen (secondary N) is 2. The molecule has 31 heavy (non-hydrogen) atoms. The van der Waals surface area contributed by atoms with Crippen LogP contribution in [0.4, 0.5) is 0 Å². The molecule has 0 fully saturated rings. The second-order valence-electron chi connectivity index (χ2n) is 7.31. The molecular formula is C23H18N4O4. The van der Waals surface area contributed by atoms with E-state index in [1.165, 1.54) is 12.4 Å². The minimum absolute atomic E-state index is 0.0330. The van der Waals surface area contributed by atoms with Crippen LogP contribution in [0.25, 0.3) is 11.2 Å². The van der Waals surface area contributed by atoms with Gasteiger partial charge in [0.2, 0.25) is 5.88 Å². The predicted molar refractivity (Wildman–Crippen MR) is 112 cm³/mol. The monoisotopic (exact) mass is 414 g/mol. The Morgan fingerprint density at radius 3 is 2.81 bits per heavy atom. The van der Waals surface area contributed by atoms with Crippen molar-refractivity contribution < 1.29 is 19.4 Å². The number of aromatic carboxylic acids is 1. The molecule has 0 radical (unpaired) electrons. The third-order valence-corrected chi connectivity index (χ3v) is 5.35. The summed E-state index contributed by atoms with van der Waals surface area (Å²) in [7, 11) is 0. The molecule has 8 nitrogen and oxygen atoms in total. The van der Waals surface area contributed by atoms with E-state index in [0.717, 1.165) is 24.0 Å². The lowest BCUT2D eigenvalue weighted by atomic mass is 10.1. The zero-order chi connectivity index (χ0) is 21.4. The van der Waals surface area contributed by atoms with Gasteiger partial charge >= 0.3 is 5.97 Å². The Morgan fingerprint density at radius 1 is 1.16 bits per heavy atom. The molecule has 8 heteroatoms. The molecule has 1 atom stereocenters. The lowest BCUT2D eigenvalue weighted by molar-refractivity contribution is 0.0698. The molecule has 3 N–H and O–H groups in total. The van der Waals surface area contributed by atoms with E-state index in [0.29, 0.717) is 17.0 Å². The molecule has 4 aromatic rings. The van der Waals surface area contributed by atoms with Gasteiger partial charge < -0.3 is 20.1 Å². The molecule has 154 valence electrons. The van der Waals surface area contributed by atoms with Crippen molar-refractivity contribution in [3.8, 4) is 11.6 Å². The fourth-order valence-corrected chi connectivity index (χ4v) is 3.83. The number of benzene rings is 2. The number of aromatic amines is 1. The van der Waals surface area contributed by atoms with Gasteiger partial charge in [0.1, 0.15) is 16.8 Å². The number of hydrogen-bond acceptors (Lipinski definition) is 5. The van der Waals surface area contributed by atoms with Gasteiger partial charge in [-0.15, -0.1) is 0 Å². The van der Waals surface area contributed by atoms with Crippen molar-refractivity contribution in [2.24, 2.45) is 0 Å². The first-order chi connectivity index (χ1) is 15.1. The average molecular weight is 414 g/mol. The van der Waals surface area contributed by atoms with Crippen molar-refractivity contribution in [3.05, 3.63) is 83.2 Å². The molecule has 1 aliphatic rings. The Balaban J connectivity index is 1.38. The second kappa shape index (κ2) is 7.56. The van der Waals surface area contributed by atoms with Gasteiger partial charge in [0.25, 0.3) is 5.91 Å². The lowest BCUT2D eigenvalue weighted by Crippen LogP contribution is -2.27. The van der Waals surface area contributed by atoms with Crippen LogP contribution in [0.3, 0.4) is 0 Å². The fourth-order valence-electron chi connectivity index (χ4n) is 3.83. The van der Waals surface area contributed by atoms with E-state index < -0.39 is 5.97 Å². The highest BCUT2D eigenvalue weighted by molar-refractivity contribution is 6.00. The van der Waals surface area contributed by atoms with Crippen molar-refractivity contribution in [1.82, 2.24) is 20.3 Å². The first kappa shape index (κ1) is 18.8. The van der Waals surface area contributed by atoms with E-state index in [-0.39, 0.29) is 28.9 Å². The Kier molecular flexibility index (Phi) is 4.59. The topological polar surface area (TPSA) is 117 Å². The van der Waals surface area contributed by atoms with Crippen molar-refractivity contribution in [3.63, 3.8) is 0 Å². The summed E-state index contributed by atoms with van der Waals surface area (Å²) >= 11 is 0. The number of carboxylic acids is 1. The summed E-state index contributed by atoms with van der Waals surface area (Å²) in [6.07, 6.45) is 4.47. The van der Waals surface area contributed by atoms with Crippen molar-refractivity contribution in [2.45, 2.75) is 18.9 Å². The molecule has 2 aromatic carbocycles. The number of carbonyl (C=O) groups is 2. The Hall–Kier alpha value is -4.20. The maximum Gasteiger partial charge on any atom is 0.339 e. The Bertz CT molecular complexity index is 1300. The summed E-state index contributed by atoms with van der Waals surface area (Å²) in [5, 5.41) is 12.4. The Morgan fingerprint density at radius 2 is 2.00 bits per heavy atom. The molecular weight excluding hydrogens is 396 g/mol. The van der Waals surface area contributed by atoms with Gasteiger partial charge in [0.15, 0.2) is 5.65 Å². The summed E-state index contributed by atoms with van der Waals surface area (Å²) in [6, 6.07) is 14.7. The summed E-state index contributed by atoms with van der Waals surface area (Å²) in [5.74, 6) is -0.472. The van der Waals surface area contributed by atoms with E-state index in [1.54, 1.807) is 12.1 Å². The third-order valence-electron chi connectivity index (χ3n) is 5.35. The van der Waals surface area contributed by atoms with E-state index in [2.05, 4.69) is 20.3 Å². The summed E-state index contributed by atoms with van der Waals surface area (Å²) < 4.78 is 5.86. The van der Waals surface area contributed by atoms with Gasteiger partial charge in [-0.3, -0.25) is 4.79 Å². The zero-order valence-corrected chi connectivity index (χ0v) is 16.3. The van der Waals surface area contributed by atoms with Gasteiger partial charge in [-0.1, -0.05) is 24.3 Å². The molecule has 0 aliphatic heterocycles. The standard InChI is InChI=1S/C23H18N4O4/c28-22(14-4-2-1-3-5-14)26-18-9-7-13-6-8-15(10-16(13)18)31-19-12-25-21-20(27-19)17(11-24-21)23(29)30/h1-6,8,10-12,18H,7,9H2,(H,24,25)(H,26,28)(H,29,30)/t18-/m1/s1. The van der Waals surface area contributed by atoms with Gasteiger partial charge in [-0.2, -0.15) is 0 Å². The Labute approximate surface area is 176 Å². The van der Waals surface area contributed by atoms with Gasteiger partial charge in [-0.05, 0) is 48.2 Å². The predicted octanol–water partition coefficient (Wildman–Crippen LogP) is 3.87. The van der Waals surface area contributed by atoms with Gasteiger partial charge in [0, 0.05) is 11.8 Å². The molecule has 2 aromatic heterocycles. The van der Waals surface area contributed by atoms with Crippen LogP contribution in [0.15, 0.2) is 60.9 Å². The van der Waals surface area contributed by atoms with Crippen LogP contribution in [0.2, 0.25) is 0 Å². The highest BCUT2D eigenvalue weighted by atomic mass is 16.5. The van der Waals surface area contributed by atoms with Gasteiger partial charge in [0.05, 0.1) is 12.2 Å². The third kappa shape index (κ3) is 3.59. The normalized spacial score (nSPS) is 14.9. The first-order valence-corrected chi connectivity index (χ1v) is 9.82. The molecule has 1 aliphatic carbocycles. The molecule has 0 spiro atoms. The highest BCUT2D eigenvalue weighted by Gasteiger charge is 2.25. The highest BCUT2D eigenvalue weighted by Crippen LogP contribution is 2.35. The average Bonchev–Trinajstić information content (AvgIpc) is 3.38. The zero-order valence-electron chi connectivity index (χ0n) is 16.3. The smallest absolute Gasteiger partial charge is 0.339 e. The molecule has 0 unspecified atom stereocenters. The van der Waals surface area contributed by atoms with Crippen LogP contribution in [-0.4, -0.2) is 31.9 Å². The van der Waals surface area contributed by atoms with E-state index in [9.17, 15) is 14.7 Å². The number of nitrogens with zero attached hydrogens (tertiary/aromatic N) is 2. The number of carbonyl (C=O) groups excluding carboxylic acids is 1. The number of hydrogen-bond donors (Lipinski definition) is 3. The van der Waals surface area contributed by atoms with Crippen molar-refractivity contribution in [2.75, 3.05) is 0 Å². The van der Waals surface area contributed by atoms with E-state index >= 15 is 0 Å².